The maximum atomic E-state index is 10.9. The average molecular weight is 227 g/mol. The number of aromatic carboxylic acids is 1. The number of H-pyrrole nitrogens is 1. The number of nitrogens with one attached hydrogen (secondary N) is 1. The van der Waals surface area contributed by atoms with Gasteiger partial charge in [0.25, 0.3) is 0 Å². The van der Waals surface area contributed by atoms with E-state index in [1.165, 1.54) is 6.20 Å². The van der Waals surface area contributed by atoms with Crippen LogP contribution in [0, 0.1) is 11.8 Å². The second-order valence-corrected chi connectivity index (χ2v) is 3.44. The number of carbonyl (C=O) groups excluding carboxylic acids is 1. The zero-order valence-electron chi connectivity index (χ0n) is 8.86. The number of hydrogen-bond acceptors (Lipinski definition) is 2. The maximum absolute atomic E-state index is 10.9. The molecule has 0 bridgehead atoms. The van der Waals surface area contributed by atoms with Gasteiger partial charge in [-0.3, -0.25) is 0 Å². The van der Waals surface area contributed by atoms with Crippen LogP contribution in [0.1, 0.15) is 22.3 Å². The topological polar surface area (TPSA) is 70.2 Å². The largest absolute Gasteiger partial charge is 0.478 e. The smallest absolute Gasteiger partial charge is 0.337 e. The minimum Gasteiger partial charge on any atom is -0.478 e. The van der Waals surface area contributed by atoms with E-state index in [1.54, 1.807) is 18.2 Å². The number of carboxylic acids is 1. The van der Waals surface area contributed by atoms with Crippen molar-refractivity contribution in [1.82, 2.24) is 4.98 Å². The molecule has 0 atom stereocenters. The molecule has 0 unspecified atom stereocenters. The summed E-state index contributed by atoms with van der Waals surface area (Å²) in [4.78, 5) is 23.9. The van der Waals surface area contributed by atoms with Crippen LogP contribution in [0.15, 0.2) is 24.4 Å². The van der Waals surface area contributed by atoms with Gasteiger partial charge in [0.1, 0.15) is 6.29 Å². The summed E-state index contributed by atoms with van der Waals surface area (Å²) in [6.07, 6.45) is 2.36. The third-order valence-electron chi connectivity index (χ3n) is 2.33. The molecule has 2 aromatic rings. The number of carboxylic acid groups (broad SMARTS) is 1. The number of hydrogen-bond donors (Lipinski definition) is 2. The summed E-state index contributed by atoms with van der Waals surface area (Å²) in [5.41, 5.74) is 1.67. The van der Waals surface area contributed by atoms with E-state index in [0.717, 1.165) is 11.8 Å². The molecule has 0 fully saturated rings. The minimum absolute atomic E-state index is 0.178. The monoisotopic (exact) mass is 227 g/mol. The fourth-order valence-corrected chi connectivity index (χ4v) is 1.57. The molecule has 0 aliphatic rings. The molecule has 1 heterocycles. The first-order valence-corrected chi connectivity index (χ1v) is 4.99. The van der Waals surface area contributed by atoms with E-state index in [4.69, 9.17) is 5.11 Å². The van der Waals surface area contributed by atoms with Crippen molar-refractivity contribution in [2.75, 3.05) is 0 Å². The summed E-state index contributed by atoms with van der Waals surface area (Å²) in [7, 11) is 0. The minimum atomic E-state index is -0.978. The Morgan fingerprint density at radius 1 is 1.47 bits per heavy atom. The van der Waals surface area contributed by atoms with Crippen LogP contribution < -0.4 is 0 Å². The van der Waals surface area contributed by atoms with E-state index in [1.807, 2.05) is 0 Å². The molecule has 0 radical (unpaired) electrons. The van der Waals surface area contributed by atoms with Crippen molar-refractivity contribution in [3.8, 4) is 11.8 Å². The number of rotatable bonds is 2. The molecular weight excluding hydrogens is 218 g/mol. The Balaban J connectivity index is 2.49. The lowest BCUT2D eigenvalue weighted by molar-refractivity contribution is -0.107. The Bertz CT molecular complexity index is 643. The van der Waals surface area contributed by atoms with Crippen LogP contribution in [0.25, 0.3) is 10.9 Å². The van der Waals surface area contributed by atoms with Crippen molar-refractivity contribution < 1.29 is 14.7 Å². The van der Waals surface area contributed by atoms with Crippen LogP contribution in [0.3, 0.4) is 0 Å². The number of aromatic amines is 1. The molecule has 17 heavy (non-hydrogen) atoms. The summed E-state index contributed by atoms with van der Waals surface area (Å²) in [6.45, 7) is 0. The fraction of sp³-hybridized carbons (Fsp3) is 0.0769. The first kappa shape index (κ1) is 11.0. The van der Waals surface area contributed by atoms with Crippen molar-refractivity contribution in [2.45, 2.75) is 6.42 Å². The summed E-state index contributed by atoms with van der Waals surface area (Å²) in [5.74, 6) is 4.51. The summed E-state index contributed by atoms with van der Waals surface area (Å²) >= 11 is 0. The Morgan fingerprint density at radius 3 is 3.00 bits per heavy atom. The highest BCUT2D eigenvalue weighted by Crippen LogP contribution is 2.19. The van der Waals surface area contributed by atoms with Crippen LogP contribution in [0.5, 0.6) is 0 Å². The standard InChI is InChI=1S/C13H9NO3/c15-6-2-1-3-9-4-5-12-10(7-9)11(8-14-12)13(16)17/h4-8,14H,2H2,(H,16,17). The molecule has 4 heteroatoms. The number of fused-ring (bicyclic) bond motifs is 1. The van der Waals surface area contributed by atoms with Gasteiger partial charge < -0.3 is 14.9 Å². The molecule has 0 saturated carbocycles. The summed E-state index contributed by atoms with van der Waals surface area (Å²) in [5, 5.41) is 9.60. The van der Waals surface area contributed by atoms with Gasteiger partial charge in [-0.2, -0.15) is 0 Å². The van der Waals surface area contributed by atoms with E-state index >= 15 is 0 Å². The summed E-state index contributed by atoms with van der Waals surface area (Å²) < 4.78 is 0. The molecule has 4 nitrogen and oxygen atoms in total. The first-order chi connectivity index (χ1) is 8.22. The zero-order chi connectivity index (χ0) is 12.3. The van der Waals surface area contributed by atoms with Gasteiger partial charge >= 0.3 is 5.97 Å². The second kappa shape index (κ2) is 4.54. The van der Waals surface area contributed by atoms with E-state index < -0.39 is 5.97 Å². The zero-order valence-corrected chi connectivity index (χ0v) is 8.86. The van der Waals surface area contributed by atoms with E-state index in [-0.39, 0.29) is 12.0 Å². The Morgan fingerprint density at radius 2 is 2.29 bits per heavy atom. The molecule has 2 N–H and O–H groups in total. The van der Waals surface area contributed by atoms with Crippen LogP contribution in [-0.2, 0) is 4.79 Å². The van der Waals surface area contributed by atoms with Crippen LogP contribution in [0.4, 0.5) is 0 Å². The summed E-state index contributed by atoms with van der Waals surface area (Å²) in [6, 6.07) is 5.25. The third-order valence-corrected chi connectivity index (χ3v) is 2.33. The number of aromatic nitrogens is 1. The number of aldehydes is 1. The van der Waals surface area contributed by atoms with Crippen LogP contribution in [-0.4, -0.2) is 22.3 Å². The van der Waals surface area contributed by atoms with Crippen molar-refractivity contribution in [3.05, 3.63) is 35.5 Å². The van der Waals surface area contributed by atoms with E-state index in [2.05, 4.69) is 16.8 Å². The lowest BCUT2D eigenvalue weighted by atomic mass is 10.1. The molecule has 84 valence electrons. The normalized spacial score (nSPS) is 9.65. The number of carbonyl (C=O) groups is 2. The lowest BCUT2D eigenvalue weighted by Gasteiger charge is -1.94. The molecule has 0 aliphatic carbocycles. The molecule has 1 aromatic carbocycles. The highest BCUT2D eigenvalue weighted by Gasteiger charge is 2.09. The molecule has 2 rings (SSSR count). The van der Waals surface area contributed by atoms with Gasteiger partial charge in [-0.25, -0.2) is 4.79 Å². The predicted octanol–water partition coefficient (Wildman–Crippen LogP) is 1.81. The molecule has 0 spiro atoms. The van der Waals surface area contributed by atoms with Gasteiger partial charge in [0.05, 0.1) is 12.0 Å². The van der Waals surface area contributed by atoms with Crippen LogP contribution >= 0.6 is 0 Å². The fourth-order valence-electron chi connectivity index (χ4n) is 1.57. The third kappa shape index (κ3) is 2.18. The maximum Gasteiger partial charge on any atom is 0.337 e. The molecule has 0 aliphatic heterocycles. The molecular formula is C13H9NO3. The highest BCUT2D eigenvalue weighted by molar-refractivity contribution is 6.03. The van der Waals surface area contributed by atoms with Gasteiger partial charge in [-0.15, -0.1) is 0 Å². The van der Waals surface area contributed by atoms with Crippen molar-refractivity contribution in [3.63, 3.8) is 0 Å². The Kier molecular flexibility index (Phi) is 2.93. The predicted molar refractivity (Wildman–Crippen MR) is 62.8 cm³/mol. The van der Waals surface area contributed by atoms with Gasteiger partial charge in [0.2, 0.25) is 0 Å². The van der Waals surface area contributed by atoms with E-state index in [0.29, 0.717) is 10.9 Å². The second-order valence-electron chi connectivity index (χ2n) is 3.44. The van der Waals surface area contributed by atoms with Crippen LogP contribution in [0.2, 0.25) is 0 Å². The van der Waals surface area contributed by atoms with Gasteiger partial charge in [-0.05, 0) is 18.2 Å². The number of benzene rings is 1. The average Bonchev–Trinajstić information content (AvgIpc) is 2.72. The molecule has 0 amide bonds. The van der Waals surface area contributed by atoms with Gasteiger partial charge in [-0.1, -0.05) is 11.8 Å². The Labute approximate surface area is 97.3 Å². The van der Waals surface area contributed by atoms with Crippen molar-refractivity contribution >= 4 is 23.2 Å². The lowest BCUT2D eigenvalue weighted by Crippen LogP contribution is -1.93. The van der Waals surface area contributed by atoms with Crippen molar-refractivity contribution in [1.29, 1.82) is 0 Å². The SMILES string of the molecule is O=CCC#Cc1ccc2[nH]cc(C(=O)O)c2c1. The van der Waals surface area contributed by atoms with Crippen molar-refractivity contribution in [2.24, 2.45) is 0 Å². The molecule has 0 saturated heterocycles. The highest BCUT2D eigenvalue weighted by atomic mass is 16.4. The van der Waals surface area contributed by atoms with Gasteiger partial charge in [0.15, 0.2) is 0 Å². The Hall–Kier alpha value is -2.54. The molecule has 1 aromatic heterocycles. The quantitative estimate of drug-likeness (QED) is 0.607. The van der Waals surface area contributed by atoms with E-state index in [9.17, 15) is 9.59 Å². The first-order valence-electron chi connectivity index (χ1n) is 4.99. The van der Waals surface area contributed by atoms with Gasteiger partial charge in [0, 0.05) is 22.7 Å².